The summed E-state index contributed by atoms with van der Waals surface area (Å²) in [7, 11) is 1.64. The first-order valence-corrected chi connectivity index (χ1v) is 5.39. The van der Waals surface area contributed by atoms with E-state index in [4.69, 9.17) is 9.47 Å². The van der Waals surface area contributed by atoms with Crippen LogP contribution in [0.2, 0.25) is 0 Å². The molecule has 0 aliphatic heterocycles. The predicted molar refractivity (Wildman–Crippen MR) is 65.2 cm³/mol. The molecular weight excluding hydrogens is 222 g/mol. The number of carbonyl (C=O) groups is 1. The Balaban J connectivity index is 2.41. The predicted octanol–water partition coefficient (Wildman–Crippen LogP) is 1.71. The van der Waals surface area contributed by atoms with Crippen LogP contribution in [0.3, 0.4) is 0 Å². The summed E-state index contributed by atoms with van der Waals surface area (Å²) < 4.78 is 9.65. The van der Waals surface area contributed by atoms with E-state index >= 15 is 0 Å². The molecule has 0 unspecified atom stereocenters. The summed E-state index contributed by atoms with van der Waals surface area (Å²) in [5.41, 5.74) is 0.598. The fraction of sp³-hybridized carbons (Fsp3) is 0.455. The lowest BCUT2D eigenvalue weighted by molar-refractivity contribution is 0.168. The fourth-order valence-electron chi connectivity index (χ4n) is 1.14. The zero-order chi connectivity index (χ0) is 12.5. The van der Waals surface area contributed by atoms with Gasteiger partial charge in [-0.15, -0.1) is 0 Å². The zero-order valence-corrected chi connectivity index (χ0v) is 10.0. The lowest BCUT2D eigenvalue weighted by Gasteiger charge is -2.07. The molecule has 1 amide bonds. The van der Waals surface area contributed by atoms with Crippen molar-refractivity contribution in [2.24, 2.45) is 0 Å². The second-order valence-electron chi connectivity index (χ2n) is 3.20. The highest BCUT2D eigenvalue weighted by Gasteiger charge is 2.01. The number of anilines is 2. The van der Waals surface area contributed by atoms with Crippen LogP contribution in [-0.2, 0) is 9.47 Å². The second-order valence-corrected chi connectivity index (χ2v) is 3.20. The third kappa shape index (κ3) is 5.17. The van der Waals surface area contributed by atoms with Crippen LogP contribution < -0.4 is 10.6 Å². The summed E-state index contributed by atoms with van der Waals surface area (Å²) in [6.07, 6.45) is 1.08. The van der Waals surface area contributed by atoms with Gasteiger partial charge in [0.25, 0.3) is 0 Å². The first-order chi connectivity index (χ1) is 8.26. The van der Waals surface area contributed by atoms with Crippen molar-refractivity contribution in [2.75, 3.05) is 37.5 Å². The number of ether oxygens (including phenoxy) is 2. The monoisotopic (exact) mass is 239 g/mol. The van der Waals surface area contributed by atoms with E-state index in [-0.39, 0.29) is 0 Å². The van der Waals surface area contributed by atoms with Gasteiger partial charge in [-0.05, 0) is 19.1 Å². The molecule has 0 bridgehead atoms. The number of nitrogens with one attached hydrogen (secondary N) is 2. The van der Waals surface area contributed by atoms with Gasteiger partial charge in [-0.1, -0.05) is 0 Å². The maximum Gasteiger partial charge on any atom is 0.411 e. The second kappa shape index (κ2) is 7.45. The number of amides is 1. The third-order valence-corrected chi connectivity index (χ3v) is 1.90. The molecular formula is C11H17N3O3. The van der Waals surface area contributed by atoms with Crippen LogP contribution in [-0.4, -0.2) is 37.9 Å². The zero-order valence-electron chi connectivity index (χ0n) is 10.0. The Morgan fingerprint density at radius 2 is 2.29 bits per heavy atom. The summed E-state index contributed by atoms with van der Waals surface area (Å²) in [4.78, 5) is 15.2. The van der Waals surface area contributed by atoms with Crippen molar-refractivity contribution in [2.45, 2.75) is 6.92 Å². The Kier molecular flexibility index (Phi) is 5.81. The van der Waals surface area contributed by atoms with Crippen LogP contribution in [0.25, 0.3) is 0 Å². The number of methoxy groups -OCH3 is 1. The molecule has 1 aromatic rings. The van der Waals surface area contributed by atoms with Gasteiger partial charge >= 0.3 is 6.09 Å². The summed E-state index contributed by atoms with van der Waals surface area (Å²) in [6, 6.07) is 3.52. The first-order valence-electron chi connectivity index (χ1n) is 5.39. The van der Waals surface area contributed by atoms with Crippen LogP contribution in [0.15, 0.2) is 18.3 Å². The molecule has 0 radical (unpaired) electrons. The molecule has 0 saturated heterocycles. The quantitative estimate of drug-likeness (QED) is 0.739. The maximum absolute atomic E-state index is 11.1. The minimum absolute atomic E-state index is 0.343. The SMILES string of the molecule is CCOC(=O)Nc1ccc(NCCOC)nc1. The van der Waals surface area contributed by atoms with E-state index in [2.05, 4.69) is 15.6 Å². The third-order valence-electron chi connectivity index (χ3n) is 1.90. The van der Waals surface area contributed by atoms with Gasteiger partial charge in [0.05, 0.1) is 25.1 Å². The molecule has 0 fully saturated rings. The number of aromatic nitrogens is 1. The van der Waals surface area contributed by atoms with Crippen molar-refractivity contribution in [1.82, 2.24) is 4.98 Å². The summed E-state index contributed by atoms with van der Waals surface area (Å²) in [5, 5.41) is 5.63. The summed E-state index contributed by atoms with van der Waals surface area (Å²) >= 11 is 0. The standard InChI is InChI=1S/C11H17N3O3/c1-3-17-11(15)14-9-4-5-10(13-8-9)12-6-7-16-2/h4-5,8H,3,6-7H2,1-2H3,(H,12,13)(H,14,15). The minimum atomic E-state index is -0.477. The number of pyridine rings is 1. The van der Waals surface area contributed by atoms with Gasteiger partial charge in [0.1, 0.15) is 5.82 Å². The van der Waals surface area contributed by atoms with Gasteiger partial charge in [0.15, 0.2) is 0 Å². The Morgan fingerprint density at radius 1 is 1.47 bits per heavy atom. The molecule has 2 N–H and O–H groups in total. The van der Waals surface area contributed by atoms with E-state index in [1.54, 1.807) is 32.4 Å². The van der Waals surface area contributed by atoms with Crippen LogP contribution in [0.5, 0.6) is 0 Å². The van der Waals surface area contributed by atoms with Gasteiger partial charge < -0.3 is 14.8 Å². The van der Waals surface area contributed by atoms with Gasteiger partial charge in [0, 0.05) is 13.7 Å². The number of carbonyl (C=O) groups excluding carboxylic acids is 1. The normalized spacial score (nSPS) is 9.76. The van der Waals surface area contributed by atoms with Gasteiger partial charge in [-0.2, -0.15) is 0 Å². The highest BCUT2D eigenvalue weighted by molar-refractivity contribution is 5.84. The van der Waals surface area contributed by atoms with Crippen LogP contribution in [0, 0.1) is 0 Å². The smallest absolute Gasteiger partial charge is 0.411 e. The molecule has 0 atom stereocenters. The van der Waals surface area contributed by atoms with Crippen molar-refractivity contribution in [3.05, 3.63) is 18.3 Å². The molecule has 0 aliphatic rings. The van der Waals surface area contributed by atoms with Gasteiger partial charge in [-0.25, -0.2) is 9.78 Å². The minimum Gasteiger partial charge on any atom is -0.450 e. The summed E-state index contributed by atoms with van der Waals surface area (Å²) in [5.74, 6) is 0.733. The Morgan fingerprint density at radius 3 is 2.88 bits per heavy atom. The topological polar surface area (TPSA) is 72.5 Å². The molecule has 17 heavy (non-hydrogen) atoms. The molecule has 1 aromatic heterocycles. The number of rotatable bonds is 6. The van der Waals surface area contributed by atoms with Crippen molar-refractivity contribution >= 4 is 17.6 Å². The number of hydrogen-bond donors (Lipinski definition) is 2. The molecule has 94 valence electrons. The summed E-state index contributed by atoms with van der Waals surface area (Å²) in [6.45, 7) is 3.40. The molecule has 0 saturated carbocycles. The molecule has 0 aromatic carbocycles. The van der Waals surface area contributed by atoms with Crippen molar-refractivity contribution in [3.8, 4) is 0 Å². The molecule has 1 rings (SSSR count). The van der Waals surface area contributed by atoms with Gasteiger partial charge in [0.2, 0.25) is 0 Å². The molecule has 6 heteroatoms. The average molecular weight is 239 g/mol. The lowest BCUT2D eigenvalue weighted by atomic mass is 10.4. The van der Waals surface area contributed by atoms with E-state index in [9.17, 15) is 4.79 Å². The average Bonchev–Trinajstić information content (AvgIpc) is 2.32. The van der Waals surface area contributed by atoms with Crippen LogP contribution in [0.4, 0.5) is 16.3 Å². The lowest BCUT2D eigenvalue weighted by Crippen LogP contribution is -2.13. The van der Waals surface area contributed by atoms with Crippen LogP contribution in [0.1, 0.15) is 6.92 Å². The van der Waals surface area contributed by atoms with E-state index in [0.717, 1.165) is 5.82 Å². The number of hydrogen-bond acceptors (Lipinski definition) is 5. The van der Waals surface area contributed by atoms with Gasteiger partial charge in [-0.3, -0.25) is 5.32 Å². The number of nitrogens with zero attached hydrogens (tertiary/aromatic N) is 1. The Bertz CT molecular complexity index is 340. The molecule has 6 nitrogen and oxygen atoms in total. The molecule has 1 heterocycles. The fourth-order valence-corrected chi connectivity index (χ4v) is 1.14. The van der Waals surface area contributed by atoms with E-state index < -0.39 is 6.09 Å². The molecule has 0 spiro atoms. The van der Waals surface area contributed by atoms with Crippen LogP contribution >= 0.6 is 0 Å². The van der Waals surface area contributed by atoms with Crippen molar-refractivity contribution in [1.29, 1.82) is 0 Å². The van der Waals surface area contributed by atoms with Crippen molar-refractivity contribution < 1.29 is 14.3 Å². The largest absolute Gasteiger partial charge is 0.450 e. The maximum atomic E-state index is 11.1. The Hall–Kier alpha value is -1.82. The van der Waals surface area contributed by atoms with Crippen molar-refractivity contribution in [3.63, 3.8) is 0 Å². The molecule has 0 aliphatic carbocycles. The Labute approximate surface area is 100 Å². The first kappa shape index (κ1) is 13.2. The van der Waals surface area contributed by atoms with E-state index in [0.29, 0.717) is 25.4 Å². The highest BCUT2D eigenvalue weighted by Crippen LogP contribution is 2.09. The highest BCUT2D eigenvalue weighted by atomic mass is 16.5. The van der Waals surface area contributed by atoms with E-state index in [1.807, 2.05) is 0 Å². The van der Waals surface area contributed by atoms with E-state index in [1.165, 1.54) is 0 Å².